The van der Waals surface area contributed by atoms with Gasteiger partial charge >= 0.3 is 5.97 Å². The molecule has 2 aromatic rings. The summed E-state index contributed by atoms with van der Waals surface area (Å²) in [5, 5.41) is 2.86. The number of aryl methyl sites for hydroxylation is 2. The molecule has 0 saturated carbocycles. The van der Waals surface area contributed by atoms with Crippen molar-refractivity contribution in [2.24, 2.45) is 0 Å². The smallest absolute Gasteiger partial charge is 0.338 e. The van der Waals surface area contributed by atoms with Crippen LogP contribution in [0.15, 0.2) is 36.4 Å². The van der Waals surface area contributed by atoms with Gasteiger partial charge in [0.2, 0.25) is 0 Å². The molecule has 1 N–H and O–H groups in total. The molecule has 0 fully saturated rings. The standard InChI is InChI=1S/C21H25NO4/c1-6-19(26-16-11-10-13(2)14(3)12-16)20(23)22-18-9-7-8-17(15(18)4)21(24)25-5/h7-12,19H,6H2,1-5H3,(H,22,23)/t19-/m0/s1. The molecular weight excluding hydrogens is 330 g/mol. The molecule has 0 aromatic heterocycles. The van der Waals surface area contributed by atoms with Gasteiger partial charge in [0, 0.05) is 5.69 Å². The summed E-state index contributed by atoms with van der Waals surface area (Å²) >= 11 is 0. The van der Waals surface area contributed by atoms with Gasteiger partial charge in [0.25, 0.3) is 5.91 Å². The number of anilines is 1. The predicted molar refractivity (Wildman–Crippen MR) is 102 cm³/mol. The molecule has 2 aromatic carbocycles. The summed E-state index contributed by atoms with van der Waals surface area (Å²) in [5.41, 5.74) is 3.94. The highest BCUT2D eigenvalue weighted by Crippen LogP contribution is 2.22. The molecule has 0 aliphatic carbocycles. The topological polar surface area (TPSA) is 64.6 Å². The highest BCUT2D eigenvalue weighted by atomic mass is 16.5. The summed E-state index contributed by atoms with van der Waals surface area (Å²) in [6.45, 7) is 7.70. The third-order valence-electron chi connectivity index (χ3n) is 4.42. The Balaban J connectivity index is 2.16. The van der Waals surface area contributed by atoms with Gasteiger partial charge in [0.15, 0.2) is 6.10 Å². The Bertz CT molecular complexity index is 814. The number of hydrogen-bond donors (Lipinski definition) is 1. The predicted octanol–water partition coefficient (Wildman–Crippen LogP) is 4.19. The summed E-state index contributed by atoms with van der Waals surface area (Å²) in [6, 6.07) is 10.9. The first-order valence-electron chi connectivity index (χ1n) is 8.60. The van der Waals surface area contributed by atoms with Gasteiger partial charge in [-0.25, -0.2) is 4.79 Å². The van der Waals surface area contributed by atoms with E-state index in [2.05, 4.69) is 5.32 Å². The van der Waals surface area contributed by atoms with E-state index in [1.165, 1.54) is 12.7 Å². The Hall–Kier alpha value is -2.82. The number of amides is 1. The lowest BCUT2D eigenvalue weighted by molar-refractivity contribution is -0.122. The number of carbonyl (C=O) groups excluding carboxylic acids is 2. The molecule has 5 nitrogen and oxygen atoms in total. The fourth-order valence-corrected chi connectivity index (χ4v) is 2.59. The molecule has 0 saturated heterocycles. The van der Waals surface area contributed by atoms with Crippen molar-refractivity contribution in [2.75, 3.05) is 12.4 Å². The van der Waals surface area contributed by atoms with Crippen LogP contribution in [-0.4, -0.2) is 25.1 Å². The van der Waals surface area contributed by atoms with E-state index < -0.39 is 12.1 Å². The number of ether oxygens (including phenoxy) is 2. The molecule has 0 bridgehead atoms. The van der Waals surface area contributed by atoms with Crippen LogP contribution in [0.4, 0.5) is 5.69 Å². The van der Waals surface area contributed by atoms with Crippen LogP contribution in [0.3, 0.4) is 0 Å². The van der Waals surface area contributed by atoms with E-state index in [-0.39, 0.29) is 5.91 Å². The lowest BCUT2D eigenvalue weighted by atomic mass is 10.1. The van der Waals surface area contributed by atoms with Crippen molar-refractivity contribution in [3.8, 4) is 5.75 Å². The van der Waals surface area contributed by atoms with Crippen molar-refractivity contribution in [2.45, 2.75) is 40.2 Å². The zero-order valence-corrected chi connectivity index (χ0v) is 15.9. The molecule has 1 atom stereocenters. The fourth-order valence-electron chi connectivity index (χ4n) is 2.59. The number of rotatable bonds is 6. The van der Waals surface area contributed by atoms with Crippen LogP contribution in [0.25, 0.3) is 0 Å². The van der Waals surface area contributed by atoms with Crippen LogP contribution in [0.2, 0.25) is 0 Å². The van der Waals surface area contributed by atoms with Crippen molar-refractivity contribution < 1.29 is 19.1 Å². The summed E-state index contributed by atoms with van der Waals surface area (Å²) in [4.78, 5) is 24.5. The third kappa shape index (κ3) is 4.42. The first-order valence-corrected chi connectivity index (χ1v) is 8.60. The Morgan fingerprint density at radius 2 is 1.81 bits per heavy atom. The first-order chi connectivity index (χ1) is 12.4. The SMILES string of the molecule is CC[C@H](Oc1ccc(C)c(C)c1)C(=O)Nc1cccc(C(=O)OC)c1C. The Kier molecular flexibility index (Phi) is 6.39. The monoisotopic (exact) mass is 355 g/mol. The van der Waals surface area contributed by atoms with E-state index in [9.17, 15) is 9.59 Å². The van der Waals surface area contributed by atoms with Gasteiger partial charge in [0.1, 0.15) is 5.75 Å². The summed E-state index contributed by atoms with van der Waals surface area (Å²) in [5.74, 6) is -0.0250. The number of benzene rings is 2. The van der Waals surface area contributed by atoms with Crippen LogP contribution in [-0.2, 0) is 9.53 Å². The molecule has 5 heteroatoms. The minimum absolute atomic E-state index is 0.254. The molecule has 0 aliphatic rings. The fraction of sp³-hybridized carbons (Fsp3) is 0.333. The summed E-state index contributed by atoms with van der Waals surface area (Å²) in [7, 11) is 1.33. The highest BCUT2D eigenvalue weighted by Gasteiger charge is 2.21. The molecule has 2 rings (SSSR count). The zero-order valence-electron chi connectivity index (χ0n) is 15.9. The molecule has 1 amide bonds. The van der Waals surface area contributed by atoms with E-state index >= 15 is 0 Å². The van der Waals surface area contributed by atoms with Crippen molar-refractivity contribution in [1.29, 1.82) is 0 Å². The van der Waals surface area contributed by atoms with Gasteiger partial charge < -0.3 is 14.8 Å². The van der Waals surface area contributed by atoms with Crippen LogP contribution in [0, 0.1) is 20.8 Å². The maximum absolute atomic E-state index is 12.7. The third-order valence-corrected chi connectivity index (χ3v) is 4.42. The Morgan fingerprint density at radius 1 is 1.08 bits per heavy atom. The maximum Gasteiger partial charge on any atom is 0.338 e. The van der Waals surface area contributed by atoms with Gasteiger partial charge in [-0.3, -0.25) is 4.79 Å². The Labute approximate surface area is 154 Å². The van der Waals surface area contributed by atoms with Crippen LogP contribution in [0.1, 0.15) is 40.4 Å². The van der Waals surface area contributed by atoms with E-state index in [0.717, 1.165) is 5.56 Å². The van der Waals surface area contributed by atoms with Gasteiger partial charge in [-0.15, -0.1) is 0 Å². The van der Waals surface area contributed by atoms with E-state index in [4.69, 9.17) is 9.47 Å². The number of nitrogens with one attached hydrogen (secondary N) is 1. The molecule has 0 radical (unpaired) electrons. The zero-order chi connectivity index (χ0) is 19.3. The maximum atomic E-state index is 12.7. The Morgan fingerprint density at radius 3 is 2.42 bits per heavy atom. The highest BCUT2D eigenvalue weighted by molar-refractivity contribution is 5.98. The van der Waals surface area contributed by atoms with Crippen molar-refractivity contribution in [3.05, 3.63) is 58.7 Å². The van der Waals surface area contributed by atoms with Crippen molar-refractivity contribution in [3.63, 3.8) is 0 Å². The molecule has 26 heavy (non-hydrogen) atoms. The second-order valence-electron chi connectivity index (χ2n) is 6.22. The molecule has 0 spiro atoms. The molecule has 0 unspecified atom stereocenters. The van der Waals surface area contributed by atoms with Crippen LogP contribution in [0.5, 0.6) is 5.75 Å². The van der Waals surface area contributed by atoms with Gasteiger partial charge in [-0.2, -0.15) is 0 Å². The van der Waals surface area contributed by atoms with E-state index in [1.54, 1.807) is 25.1 Å². The van der Waals surface area contributed by atoms with Crippen molar-refractivity contribution in [1.82, 2.24) is 0 Å². The average molecular weight is 355 g/mol. The molecular formula is C21H25NO4. The van der Waals surface area contributed by atoms with Crippen LogP contribution >= 0.6 is 0 Å². The number of hydrogen-bond acceptors (Lipinski definition) is 4. The number of methoxy groups -OCH3 is 1. The van der Waals surface area contributed by atoms with Gasteiger partial charge in [-0.1, -0.05) is 19.1 Å². The minimum atomic E-state index is -0.627. The van der Waals surface area contributed by atoms with Crippen LogP contribution < -0.4 is 10.1 Å². The number of carbonyl (C=O) groups is 2. The summed E-state index contributed by atoms with van der Waals surface area (Å²) < 4.78 is 10.6. The largest absolute Gasteiger partial charge is 0.481 e. The first kappa shape index (κ1) is 19.5. The molecule has 138 valence electrons. The summed E-state index contributed by atoms with van der Waals surface area (Å²) in [6.07, 6.45) is -0.104. The van der Waals surface area contributed by atoms with E-state index in [1.807, 2.05) is 39.0 Å². The van der Waals surface area contributed by atoms with Gasteiger partial charge in [0.05, 0.1) is 12.7 Å². The average Bonchev–Trinajstić information content (AvgIpc) is 2.63. The molecule has 0 heterocycles. The minimum Gasteiger partial charge on any atom is -0.481 e. The lowest BCUT2D eigenvalue weighted by Crippen LogP contribution is -2.32. The van der Waals surface area contributed by atoms with Crippen molar-refractivity contribution >= 4 is 17.6 Å². The quantitative estimate of drug-likeness (QED) is 0.789. The number of esters is 1. The van der Waals surface area contributed by atoms with Gasteiger partial charge in [-0.05, 0) is 68.1 Å². The lowest BCUT2D eigenvalue weighted by Gasteiger charge is -2.19. The normalized spacial score (nSPS) is 11.6. The van der Waals surface area contributed by atoms with E-state index in [0.29, 0.717) is 29.0 Å². The second kappa shape index (κ2) is 8.52. The molecule has 0 aliphatic heterocycles. The second-order valence-corrected chi connectivity index (χ2v) is 6.22.